The summed E-state index contributed by atoms with van der Waals surface area (Å²) in [4.78, 5) is 0. The van der Waals surface area contributed by atoms with Crippen molar-refractivity contribution >= 4 is 12.4 Å². The Balaban J connectivity index is 0.00000324. The Hall–Kier alpha value is -0.730. The highest BCUT2D eigenvalue weighted by Gasteiger charge is 2.09. The van der Waals surface area contributed by atoms with Gasteiger partial charge >= 0.3 is 0 Å². The lowest BCUT2D eigenvalue weighted by Crippen LogP contribution is -2.22. The fraction of sp³-hybridized carbons (Fsp3) is 0.625. The van der Waals surface area contributed by atoms with Gasteiger partial charge < -0.3 is 10.5 Å². The summed E-state index contributed by atoms with van der Waals surface area (Å²) in [6.07, 6.45) is 5.26. The number of nitrogens with two attached hydrogens (primary N) is 1. The van der Waals surface area contributed by atoms with Crippen LogP contribution in [0.3, 0.4) is 0 Å². The van der Waals surface area contributed by atoms with Crippen LogP contribution in [0.2, 0.25) is 0 Å². The summed E-state index contributed by atoms with van der Waals surface area (Å²) in [5.41, 5.74) is 8.73. The van der Waals surface area contributed by atoms with E-state index in [0.29, 0.717) is 0 Å². The highest BCUT2D eigenvalue weighted by molar-refractivity contribution is 5.85. The maximum atomic E-state index is 6.07. The minimum Gasteiger partial charge on any atom is -0.493 e. The largest absolute Gasteiger partial charge is 0.493 e. The van der Waals surface area contributed by atoms with Gasteiger partial charge in [0.15, 0.2) is 0 Å². The summed E-state index contributed by atoms with van der Waals surface area (Å²) < 4.78 is 5.81. The van der Waals surface area contributed by atoms with E-state index in [9.17, 15) is 0 Å². The SMILES string of the molecule is CCCOc1ccc(CCC)cc1CC(N)CC.Cl. The zero-order chi connectivity index (χ0) is 13.4. The molecule has 0 aliphatic rings. The molecule has 2 nitrogen and oxygen atoms in total. The van der Waals surface area contributed by atoms with Gasteiger partial charge in [-0.05, 0) is 42.9 Å². The molecule has 0 heterocycles. The molecule has 1 rings (SSSR count). The number of aryl methyl sites for hydroxylation is 1. The molecular weight excluding hydrogens is 258 g/mol. The zero-order valence-electron chi connectivity index (χ0n) is 12.4. The van der Waals surface area contributed by atoms with E-state index in [-0.39, 0.29) is 18.4 Å². The van der Waals surface area contributed by atoms with Gasteiger partial charge in [-0.1, -0.05) is 39.3 Å². The van der Waals surface area contributed by atoms with E-state index in [0.717, 1.165) is 38.0 Å². The Morgan fingerprint density at radius 3 is 2.47 bits per heavy atom. The first-order chi connectivity index (χ1) is 8.71. The first-order valence-electron chi connectivity index (χ1n) is 7.21. The second-order valence-corrected chi connectivity index (χ2v) is 4.91. The molecule has 19 heavy (non-hydrogen) atoms. The van der Waals surface area contributed by atoms with Crippen LogP contribution in [0.4, 0.5) is 0 Å². The second-order valence-electron chi connectivity index (χ2n) is 4.91. The van der Waals surface area contributed by atoms with Crippen LogP contribution in [0.25, 0.3) is 0 Å². The highest BCUT2D eigenvalue weighted by Crippen LogP contribution is 2.23. The van der Waals surface area contributed by atoms with Gasteiger partial charge in [-0.25, -0.2) is 0 Å². The van der Waals surface area contributed by atoms with Crippen LogP contribution in [-0.4, -0.2) is 12.6 Å². The smallest absolute Gasteiger partial charge is 0.122 e. The summed E-state index contributed by atoms with van der Waals surface area (Å²) in [5.74, 6) is 1.01. The molecule has 0 spiro atoms. The maximum absolute atomic E-state index is 6.07. The van der Waals surface area contributed by atoms with E-state index in [1.54, 1.807) is 0 Å². The number of halogens is 1. The minimum absolute atomic E-state index is 0. The van der Waals surface area contributed by atoms with Gasteiger partial charge in [0.1, 0.15) is 5.75 Å². The summed E-state index contributed by atoms with van der Waals surface area (Å²) in [7, 11) is 0. The first-order valence-corrected chi connectivity index (χ1v) is 7.21. The van der Waals surface area contributed by atoms with Crippen LogP contribution in [-0.2, 0) is 12.8 Å². The van der Waals surface area contributed by atoms with E-state index in [4.69, 9.17) is 10.5 Å². The molecule has 0 fully saturated rings. The van der Waals surface area contributed by atoms with Crippen molar-refractivity contribution < 1.29 is 4.74 Å². The lowest BCUT2D eigenvalue weighted by molar-refractivity contribution is 0.313. The maximum Gasteiger partial charge on any atom is 0.122 e. The molecule has 3 heteroatoms. The molecule has 0 radical (unpaired) electrons. The van der Waals surface area contributed by atoms with Crippen molar-refractivity contribution in [3.63, 3.8) is 0 Å². The Bertz CT molecular complexity index is 355. The number of rotatable bonds is 8. The predicted molar refractivity (Wildman–Crippen MR) is 85.4 cm³/mol. The van der Waals surface area contributed by atoms with Crippen LogP contribution in [0.15, 0.2) is 18.2 Å². The number of benzene rings is 1. The van der Waals surface area contributed by atoms with Crippen molar-refractivity contribution in [1.82, 2.24) is 0 Å². The van der Waals surface area contributed by atoms with Crippen molar-refractivity contribution in [2.24, 2.45) is 5.73 Å². The lowest BCUT2D eigenvalue weighted by Gasteiger charge is -2.15. The third kappa shape index (κ3) is 6.31. The van der Waals surface area contributed by atoms with Crippen LogP contribution in [0.1, 0.15) is 51.2 Å². The Morgan fingerprint density at radius 2 is 1.89 bits per heavy atom. The third-order valence-electron chi connectivity index (χ3n) is 3.13. The van der Waals surface area contributed by atoms with E-state index in [2.05, 4.69) is 39.0 Å². The summed E-state index contributed by atoms with van der Waals surface area (Å²) >= 11 is 0. The summed E-state index contributed by atoms with van der Waals surface area (Å²) in [5, 5.41) is 0. The third-order valence-corrected chi connectivity index (χ3v) is 3.13. The second kappa shape index (κ2) is 10.1. The molecule has 1 unspecified atom stereocenters. The monoisotopic (exact) mass is 285 g/mol. The molecule has 1 aromatic carbocycles. The molecule has 110 valence electrons. The predicted octanol–water partition coefficient (Wildman–Crippen LogP) is 4.13. The quantitative estimate of drug-likeness (QED) is 0.779. The van der Waals surface area contributed by atoms with Crippen LogP contribution >= 0.6 is 12.4 Å². The number of hydrogen-bond donors (Lipinski definition) is 1. The molecule has 0 aliphatic heterocycles. The average Bonchev–Trinajstić information content (AvgIpc) is 2.38. The molecule has 0 amide bonds. The molecule has 1 aromatic rings. The van der Waals surface area contributed by atoms with E-state index < -0.39 is 0 Å². The Labute approximate surface area is 124 Å². The topological polar surface area (TPSA) is 35.2 Å². The summed E-state index contributed by atoms with van der Waals surface area (Å²) in [6.45, 7) is 7.25. The zero-order valence-corrected chi connectivity index (χ0v) is 13.3. The minimum atomic E-state index is 0. The Morgan fingerprint density at radius 1 is 1.16 bits per heavy atom. The molecule has 0 saturated heterocycles. The van der Waals surface area contributed by atoms with Gasteiger partial charge in [0.25, 0.3) is 0 Å². The molecule has 0 aromatic heterocycles. The molecule has 2 N–H and O–H groups in total. The van der Waals surface area contributed by atoms with Gasteiger partial charge in [-0.3, -0.25) is 0 Å². The van der Waals surface area contributed by atoms with Gasteiger partial charge in [-0.15, -0.1) is 12.4 Å². The van der Waals surface area contributed by atoms with Crippen LogP contribution < -0.4 is 10.5 Å². The van der Waals surface area contributed by atoms with Gasteiger partial charge in [0.2, 0.25) is 0 Å². The van der Waals surface area contributed by atoms with Crippen molar-refractivity contribution in [3.8, 4) is 5.75 Å². The number of hydrogen-bond acceptors (Lipinski definition) is 2. The van der Waals surface area contributed by atoms with Gasteiger partial charge in [0, 0.05) is 6.04 Å². The Kier molecular flexibility index (Phi) is 9.72. The first kappa shape index (κ1) is 18.3. The van der Waals surface area contributed by atoms with E-state index in [1.807, 2.05) is 0 Å². The van der Waals surface area contributed by atoms with E-state index >= 15 is 0 Å². The average molecular weight is 286 g/mol. The van der Waals surface area contributed by atoms with Crippen LogP contribution in [0.5, 0.6) is 5.75 Å². The standard InChI is InChI=1S/C16H27NO.ClH/c1-4-7-13-8-9-16(18-10-5-2)14(11-13)12-15(17)6-3;/h8-9,11,15H,4-7,10,12,17H2,1-3H3;1H. The van der Waals surface area contributed by atoms with Crippen molar-refractivity contribution in [1.29, 1.82) is 0 Å². The van der Waals surface area contributed by atoms with Crippen molar-refractivity contribution in [2.45, 2.75) is 58.9 Å². The van der Waals surface area contributed by atoms with E-state index in [1.165, 1.54) is 17.5 Å². The lowest BCUT2D eigenvalue weighted by atomic mass is 9.99. The highest BCUT2D eigenvalue weighted by atomic mass is 35.5. The van der Waals surface area contributed by atoms with Gasteiger partial charge in [-0.2, -0.15) is 0 Å². The molecule has 1 atom stereocenters. The number of ether oxygens (including phenoxy) is 1. The summed E-state index contributed by atoms with van der Waals surface area (Å²) in [6, 6.07) is 6.78. The van der Waals surface area contributed by atoms with Gasteiger partial charge in [0.05, 0.1) is 6.61 Å². The molecule has 0 saturated carbocycles. The molecular formula is C16H28ClNO. The molecule has 0 bridgehead atoms. The fourth-order valence-electron chi connectivity index (χ4n) is 2.02. The van der Waals surface area contributed by atoms with Crippen molar-refractivity contribution in [2.75, 3.05) is 6.61 Å². The van der Waals surface area contributed by atoms with Crippen LogP contribution in [0, 0.1) is 0 Å². The normalized spacial score (nSPS) is 11.8. The fourth-order valence-corrected chi connectivity index (χ4v) is 2.02. The van der Waals surface area contributed by atoms with Crippen molar-refractivity contribution in [3.05, 3.63) is 29.3 Å². The molecule has 0 aliphatic carbocycles.